The van der Waals surface area contributed by atoms with Crippen molar-refractivity contribution in [3.05, 3.63) is 58.3 Å². The summed E-state index contributed by atoms with van der Waals surface area (Å²) in [6, 6.07) is 5.88. The van der Waals surface area contributed by atoms with E-state index in [1.807, 2.05) is 24.6 Å². The van der Waals surface area contributed by atoms with E-state index in [-0.39, 0.29) is 5.91 Å². The van der Waals surface area contributed by atoms with Crippen molar-refractivity contribution in [3.8, 4) is 11.1 Å². The van der Waals surface area contributed by atoms with Crippen LogP contribution in [0.3, 0.4) is 0 Å². The van der Waals surface area contributed by atoms with Gasteiger partial charge >= 0.3 is 0 Å². The molecule has 0 saturated heterocycles. The summed E-state index contributed by atoms with van der Waals surface area (Å²) in [5.74, 6) is -0.135. The third-order valence-electron chi connectivity index (χ3n) is 3.34. The summed E-state index contributed by atoms with van der Waals surface area (Å²) in [4.78, 5) is 16.4. The van der Waals surface area contributed by atoms with Gasteiger partial charge in [-0.15, -0.1) is 0 Å². The molecular weight excluding hydrogens is 296 g/mol. The van der Waals surface area contributed by atoms with E-state index < -0.39 is 0 Å². The molecule has 0 radical (unpaired) electrons. The molecule has 112 valence electrons. The standard InChI is InChI=1S/C16H16N4OS/c1-11-5-15(20(2)19-11)16(21)18-8-12-6-14(9-17-7-12)13-3-4-22-10-13/h3-7,9-10H,8H2,1-2H3,(H,18,21). The summed E-state index contributed by atoms with van der Waals surface area (Å²) in [6.07, 6.45) is 3.60. The first-order valence-electron chi connectivity index (χ1n) is 6.89. The van der Waals surface area contributed by atoms with Crippen molar-refractivity contribution < 1.29 is 4.79 Å². The van der Waals surface area contributed by atoms with Crippen LogP contribution in [0.2, 0.25) is 0 Å². The van der Waals surface area contributed by atoms with Gasteiger partial charge in [-0.3, -0.25) is 14.5 Å². The Morgan fingerprint density at radius 1 is 1.32 bits per heavy atom. The molecule has 0 atom stereocenters. The van der Waals surface area contributed by atoms with E-state index in [2.05, 4.69) is 26.8 Å². The number of carbonyl (C=O) groups excluding carboxylic acids is 1. The number of nitrogens with zero attached hydrogens (tertiary/aromatic N) is 3. The number of pyridine rings is 1. The number of rotatable bonds is 4. The number of aryl methyl sites for hydroxylation is 2. The smallest absolute Gasteiger partial charge is 0.269 e. The van der Waals surface area contributed by atoms with Crippen LogP contribution in [0.5, 0.6) is 0 Å². The van der Waals surface area contributed by atoms with Crippen molar-refractivity contribution in [2.24, 2.45) is 7.05 Å². The molecule has 3 heterocycles. The summed E-state index contributed by atoms with van der Waals surface area (Å²) in [5.41, 5.74) is 4.56. The molecule has 1 N–H and O–H groups in total. The minimum atomic E-state index is -0.135. The van der Waals surface area contributed by atoms with Gasteiger partial charge in [0, 0.05) is 31.5 Å². The van der Waals surface area contributed by atoms with Gasteiger partial charge in [-0.25, -0.2) is 0 Å². The highest BCUT2D eigenvalue weighted by Crippen LogP contribution is 2.21. The fourth-order valence-electron chi connectivity index (χ4n) is 2.27. The number of amides is 1. The molecule has 0 saturated carbocycles. The Balaban J connectivity index is 1.70. The highest BCUT2D eigenvalue weighted by molar-refractivity contribution is 7.08. The first-order valence-corrected chi connectivity index (χ1v) is 7.83. The fraction of sp³-hybridized carbons (Fsp3) is 0.188. The Bertz CT molecular complexity index is 792. The molecule has 5 nitrogen and oxygen atoms in total. The van der Waals surface area contributed by atoms with Gasteiger partial charge in [-0.2, -0.15) is 16.4 Å². The van der Waals surface area contributed by atoms with Crippen LogP contribution < -0.4 is 5.32 Å². The molecular formula is C16H16N4OS. The number of nitrogens with one attached hydrogen (secondary N) is 1. The maximum Gasteiger partial charge on any atom is 0.269 e. The molecule has 0 unspecified atom stereocenters. The lowest BCUT2D eigenvalue weighted by atomic mass is 10.1. The highest BCUT2D eigenvalue weighted by atomic mass is 32.1. The fourth-order valence-corrected chi connectivity index (χ4v) is 2.93. The van der Waals surface area contributed by atoms with E-state index in [0.717, 1.165) is 22.4 Å². The second kappa shape index (κ2) is 6.11. The van der Waals surface area contributed by atoms with Crippen LogP contribution in [0.15, 0.2) is 41.4 Å². The third kappa shape index (κ3) is 3.07. The predicted octanol–water partition coefficient (Wildman–Crippen LogP) is 2.78. The number of carbonyl (C=O) groups is 1. The average Bonchev–Trinajstić information content (AvgIpc) is 3.15. The maximum atomic E-state index is 12.2. The molecule has 1 amide bonds. The lowest BCUT2D eigenvalue weighted by molar-refractivity contribution is 0.0941. The summed E-state index contributed by atoms with van der Waals surface area (Å²) >= 11 is 1.65. The van der Waals surface area contributed by atoms with Crippen molar-refractivity contribution in [1.29, 1.82) is 0 Å². The molecule has 0 aliphatic carbocycles. The van der Waals surface area contributed by atoms with Crippen molar-refractivity contribution in [1.82, 2.24) is 20.1 Å². The van der Waals surface area contributed by atoms with E-state index in [1.165, 1.54) is 0 Å². The molecule has 0 fully saturated rings. The zero-order chi connectivity index (χ0) is 15.5. The molecule has 0 aromatic carbocycles. The molecule has 3 aromatic heterocycles. The number of hydrogen-bond acceptors (Lipinski definition) is 4. The van der Waals surface area contributed by atoms with E-state index in [9.17, 15) is 4.79 Å². The van der Waals surface area contributed by atoms with Crippen molar-refractivity contribution in [2.75, 3.05) is 0 Å². The van der Waals surface area contributed by atoms with Gasteiger partial charge in [-0.1, -0.05) is 0 Å². The lowest BCUT2D eigenvalue weighted by Crippen LogP contribution is -2.25. The molecule has 3 aromatic rings. The van der Waals surface area contributed by atoms with Crippen LogP contribution >= 0.6 is 11.3 Å². The van der Waals surface area contributed by atoms with Gasteiger partial charge in [0.15, 0.2) is 0 Å². The normalized spacial score (nSPS) is 10.6. The SMILES string of the molecule is Cc1cc(C(=O)NCc2cncc(-c3ccsc3)c2)n(C)n1. The Labute approximate surface area is 132 Å². The van der Waals surface area contributed by atoms with Gasteiger partial charge < -0.3 is 5.32 Å². The van der Waals surface area contributed by atoms with Gasteiger partial charge in [0.2, 0.25) is 0 Å². The van der Waals surface area contributed by atoms with Crippen LogP contribution in [-0.4, -0.2) is 20.7 Å². The quantitative estimate of drug-likeness (QED) is 0.806. The van der Waals surface area contributed by atoms with E-state index in [4.69, 9.17) is 0 Å². The highest BCUT2D eigenvalue weighted by Gasteiger charge is 2.11. The molecule has 0 spiro atoms. The van der Waals surface area contributed by atoms with Crippen LogP contribution in [0.25, 0.3) is 11.1 Å². The first-order chi connectivity index (χ1) is 10.6. The Morgan fingerprint density at radius 3 is 2.86 bits per heavy atom. The van der Waals surface area contributed by atoms with E-state index in [0.29, 0.717) is 12.2 Å². The molecule has 0 aliphatic rings. The Kier molecular flexibility index (Phi) is 4.02. The molecule has 22 heavy (non-hydrogen) atoms. The van der Waals surface area contributed by atoms with Gasteiger partial charge in [-0.05, 0) is 47.0 Å². The summed E-state index contributed by atoms with van der Waals surface area (Å²) in [5, 5.41) is 11.2. The zero-order valence-electron chi connectivity index (χ0n) is 12.4. The minimum absolute atomic E-state index is 0.135. The second-order valence-electron chi connectivity index (χ2n) is 5.07. The molecule has 6 heteroatoms. The van der Waals surface area contributed by atoms with Gasteiger partial charge in [0.1, 0.15) is 5.69 Å². The Hall–Kier alpha value is -2.47. The van der Waals surface area contributed by atoms with Crippen molar-refractivity contribution >= 4 is 17.2 Å². The van der Waals surface area contributed by atoms with Crippen LogP contribution in [-0.2, 0) is 13.6 Å². The number of thiophene rings is 1. The minimum Gasteiger partial charge on any atom is -0.347 e. The van der Waals surface area contributed by atoms with Crippen molar-refractivity contribution in [3.63, 3.8) is 0 Å². The largest absolute Gasteiger partial charge is 0.347 e. The zero-order valence-corrected chi connectivity index (χ0v) is 13.2. The number of hydrogen-bond donors (Lipinski definition) is 1. The average molecular weight is 312 g/mol. The van der Waals surface area contributed by atoms with E-state index in [1.54, 1.807) is 35.3 Å². The first kappa shape index (κ1) is 14.5. The van der Waals surface area contributed by atoms with Crippen LogP contribution in [0.4, 0.5) is 0 Å². The summed E-state index contributed by atoms with van der Waals surface area (Å²) in [7, 11) is 1.76. The topological polar surface area (TPSA) is 59.8 Å². The lowest BCUT2D eigenvalue weighted by Gasteiger charge is -2.06. The summed E-state index contributed by atoms with van der Waals surface area (Å²) in [6.45, 7) is 2.30. The molecule has 0 bridgehead atoms. The molecule has 3 rings (SSSR count). The monoisotopic (exact) mass is 312 g/mol. The van der Waals surface area contributed by atoms with Crippen molar-refractivity contribution in [2.45, 2.75) is 13.5 Å². The van der Waals surface area contributed by atoms with Crippen LogP contribution in [0, 0.1) is 6.92 Å². The molecule has 0 aliphatic heterocycles. The Morgan fingerprint density at radius 2 is 2.18 bits per heavy atom. The number of aromatic nitrogens is 3. The predicted molar refractivity (Wildman–Crippen MR) is 86.7 cm³/mol. The summed E-state index contributed by atoms with van der Waals surface area (Å²) < 4.78 is 1.59. The van der Waals surface area contributed by atoms with Gasteiger partial charge in [0.05, 0.1) is 5.69 Å². The third-order valence-corrected chi connectivity index (χ3v) is 4.02. The van der Waals surface area contributed by atoms with E-state index >= 15 is 0 Å². The van der Waals surface area contributed by atoms with Crippen LogP contribution in [0.1, 0.15) is 21.7 Å². The second-order valence-corrected chi connectivity index (χ2v) is 5.85. The van der Waals surface area contributed by atoms with Gasteiger partial charge in [0.25, 0.3) is 5.91 Å². The maximum absolute atomic E-state index is 12.2.